The van der Waals surface area contributed by atoms with Crippen LogP contribution < -0.4 is 9.64 Å². The molecule has 2 aromatic carbocycles. The van der Waals surface area contributed by atoms with Crippen molar-refractivity contribution in [2.24, 2.45) is 0 Å². The maximum atomic E-state index is 13.2. The molecule has 1 aromatic heterocycles. The van der Waals surface area contributed by atoms with Crippen LogP contribution in [-0.2, 0) is 17.8 Å². The fraction of sp³-hybridized carbons (Fsp3) is 0.217. The lowest BCUT2D eigenvalue weighted by molar-refractivity contribution is -0.124. The fourth-order valence-electron chi connectivity index (χ4n) is 2.86. The van der Waals surface area contributed by atoms with Crippen molar-refractivity contribution in [3.63, 3.8) is 0 Å². The molecule has 1 heterocycles. The summed E-state index contributed by atoms with van der Waals surface area (Å²) in [4.78, 5) is 19.2. The Hall–Kier alpha value is -2.85. The quantitative estimate of drug-likeness (QED) is 0.546. The van der Waals surface area contributed by atoms with E-state index >= 15 is 0 Å². The van der Waals surface area contributed by atoms with Gasteiger partial charge in [0.1, 0.15) is 11.6 Å². The molecule has 0 N–H and O–H groups in total. The average Bonchev–Trinajstić information content (AvgIpc) is 2.74. The second-order valence-corrected chi connectivity index (χ2v) is 6.87. The number of amides is 1. The highest BCUT2D eigenvalue weighted by atomic mass is 35.5. The van der Waals surface area contributed by atoms with Crippen LogP contribution in [0.2, 0.25) is 5.02 Å². The van der Waals surface area contributed by atoms with Crippen molar-refractivity contribution >= 4 is 23.3 Å². The van der Waals surface area contributed by atoms with Gasteiger partial charge in [0.25, 0.3) is 5.91 Å². The maximum absolute atomic E-state index is 13.2. The van der Waals surface area contributed by atoms with E-state index in [1.807, 2.05) is 60.7 Å². The van der Waals surface area contributed by atoms with Crippen LogP contribution >= 0.6 is 11.6 Å². The summed E-state index contributed by atoms with van der Waals surface area (Å²) in [5, 5.41) is 0.611. The Morgan fingerprint density at radius 1 is 1.07 bits per heavy atom. The van der Waals surface area contributed by atoms with Crippen molar-refractivity contribution in [1.82, 2.24) is 4.98 Å². The Morgan fingerprint density at radius 3 is 2.43 bits per heavy atom. The zero-order valence-electron chi connectivity index (χ0n) is 16.0. The van der Waals surface area contributed by atoms with E-state index in [9.17, 15) is 4.79 Å². The van der Waals surface area contributed by atoms with Gasteiger partial charge in [-0.2, -0.15) is 0 Å². The minimum absolute atomic E-state index is 0.182. The molecule has 1 atom stereocenters. The van der Waals surface area contributed by atoms with E-state index in [2.05, 4.69) is 11.9 Å². The lowest BCUT2D eigenvalue weighted by atomic mass is 10.1. The van der Waals surface area contributed by atoms with Crippen LogP contribution in [0.3, 0.4) is 0 Å². The van der Waals surface area contributed by atoms with Gasteiger partial charge >= 0.3 is 0 Å². The van der Waals surface area contributed by atoms with Gasteiger partial charge in [-0.1, -0.05) is 54.9 Å². The molecule has 0 spiro atoms. The molecule has 0 saturated heterocycles. The number of carbonyl (C=O) groups is 1. The molecular weight excluding hydrogens is 372 g/mol. The van der Waals surface area contributed by atoms with E-state index in [-0.39, 0.29) is 5.91 Å². The van der Waals surface area contributed by atoms with Gasteiger partial charge in [-0.15, -0.1) is 0 Å². The van der Waals surface area contributed by atoms with Gasteiger partial charge in [0.15, 0.2) is 6.10 Å². The van der Waals surface area contributed by atoms with Gasteiger partial charge < -0.3 is 4.74 Å². The lowest BCUT2D eigenvalue weighted by Crippen LogP contribution is -2.40. The molecule has 5 heteroatoms. The normalized spacial score (nSPS) is 11.7. The third-order valence-corrected chi connectivity index (χ3v) is 4.84. The van der Waals surface area contributed by atoms with Crippen LogP contribution in [0, 0.1) is 0 Å². The smallest absolute Gasteiger partial charge is 0.269 e. The highest BCUT2D eigenvalue weighted by Gasteiger charge is 2.25. The molecule has 0 bridgehead atoms. The number of nitrogens with zero attached hydrogens (tertiary/aromatic N) is 2. The number of hydrogen-bond acceptors (Lipinski definition) is 3. The minimum Gasteiger partial charge on any atom is -0.481 e. The predicted octanol–water partition coefficient (Wildman–Crippen LogP) is 5.30. The van der Waals surface area contributed by atoms with Gasteiger partial charge in [-0.25, -0.2) is 4.98 Å². The number of halogens is 1. The second kappa shape index (κ2) is 9.38. The van der Waals surface area contributed by atoms with Crippen LogP contribution in [-0.4, -0.2) is 17.0 Å². The molecule has 0 aliphatic heterocycles. The van der Waals surface area contributed by atoms with Crippen molar-refractivity contribution in [1.29, 1.82) is 0 Å². The summed E-state index contributed by atoms with van der Waals surface area (Å²) in [5.41, 5.74) is 2.07. The number of carbonyl (C=O) groups excluding carboxylic acids is 1. The van der Waals surface area contributed by atoms with Crippen LogP contribution in [0.15, 0.2) is 72.9 Å². The van der Waals surface area contributed by atoms with Crippen molar-refractivity contribution in [2.45, 2.75) is 32.9 Å². The molecule has 0 fully saturated rings. The summed E-state index contributed by atoms with van der Waals surface area (Å²) in [6, 6.07) is 20.7. The molecular formula is C23H23ClN2O2. The third kappa shape index (κ3) is 4.90. The van der Waals surface area contributed by atoms with Gasteiger partial charge in [0.05, 0.1) is 6.54 Å². The van der Waals surface area contributed by atoms with Crippen molar-refractivity contribution in [2.75, 3.05) is 4.90 Å². The van der Waals surface area contributed by atoms with E-state index in [1.165, 1.54) is 5.56 Å². The van der Waals surface area contributed by atoms with E-state index in [4.69, 9.17) is 16.3 Å². The van der Waals surface area contributed by atoms with Gasteiger partial charge in [-0.05, 0) is 54.8 Å². The van der Waals surface area contributed by atoms with E-state index < -0.39 is 6.10 Å². The Morgan fingerprint density at radius 2 is 1.79 bits per heavy atom. The lowest BCUT2D eigenvalue weighted by Gasteiger charge is -2.26. The number of ether oxygens (including phenoxy) is 1. The number of rotatable bonds is 7. The monoisotopic (exact) mass is 394 g/mol. The molecule has 4 nitrogen and oxygen atoms in total. The largest absolute Gasteiger partial charge is 0.481 e. The first-order valence-corrected chi connectivity index (χ1v) is 9.67. The summed E-state index contributed by atoms with van der Waals surface area (Å²) in [5.74, 6) is 1.04. The number of benzene rings is 2. The second-order valence-electron chi connectivity index (χ2n) is 6.46. The van der Waals surface area contributed by atoms with Gasteiger partial charge in [-0.3, -0.25) is 9.69 Å². The Kier molecular flexibility index (Phi) is 6.66. The van der Waals surface area contributed by atoms with Crippen LogP contribution in [0.5, 0.6) is 5.75 Å². The SMILES string of the molecule is CCc1ccc(OC(C)C(=O)N(Cc2ccccc2Cl)c2ccccn2)cc1. The summed E-state index contributed by atoms with van der Waals surface area (Å²) in [6.45, 7) is 4.16. The Balaban J connectivity index is 1.82. The molecule has 0 radical (unpaired) electrons. The molecule has 28 heavy (non-hydrogen) atoms. The summed E-state index contributed by atoms with van der Waals surface area (Å²) < 4.78 is 5.89. The minimum atomic E-state index is -0.669. The number of pyridine rings is 1. The zero-order chi connectivity index (χ0) is 19.9. The van der Waals surface area contributed by atoms with E-state index in [0.29, 0.717) is 23.1 Å². The molecule has 0 aliphatic carbocycles. The molecule has 1 amide bonds. The summed E-state index contributed by atoms with van der Waals surface area (Å²) in [6.07, 6.45) is 1.95. The highest BCUT2D eigenvalue weighted by molar-refractivity contribution is 6.31. The van der Waals surface area contributed by atoms with E-state index in [1.54, 1.807) is 24.1 Å². The van der Waals surface area contributed by atoms with Gasteiger partial charge in [0.2, 0.25) is 0 Å². The number of anilines is 1. The molecule has 0 saturated carbocycles. The van der Waals surface area contributed by atoms with Crippen molar-refractivity contribution in [3.8, 4) is 5.75 Å². The first kappa shape index (κ1) is 19.9. The Bertz CT molecular complexity index is 913. The molecule has 0 aliphatic rings. The fourth-order valence-corrected chi connectivity index (χ4v) is 3.06. The summed E-state index contributed by atoms with van der Waals surface area (Å²) in [7, 11) is 0. The summed E-state index contributed by atoms with van der Waals surface area (Å²) >= 11 is 6.31. The Labute approximate surface area is 170 Å². The van der Waals surface area contributed by atoms with Crippen LogP contribution in [0.1, 0.15) is 25.0 Å². The van der Waals surface area contributed by atoms with E-state index in [0.717, 1.165) is 12.0 Å². The first-order valence-electron chi connectivity index (χ1n) is 9.30. The van der Waals surface area contributed by atoms with Crippen molar-refractivity contribution in [3.05, 3.63) is 89.1 Å². The first-order chi connectivity index (χ1) is 13.6. The predicted molar refractivity (Wildman–Crippen MR) is 113 cm³/mol. The number of hydrogen-bond donors (Lipinski definition) is 0. The van der Waals surface area contributed by atoms with Crippen LogP contribution in [0.25, 0.3) is 0 Å². The average molecular weight is 395 g/mol. The number of aryl methyl sites for hydroxylation is 1. The number of aromatic nitrogens is 1. The topological polar surface area (TPSA) is 42.4 Å². The maximum Gasteiger partial charge on any atom is 0.269 e. The highest BCUT2D eigenvalue weighted by Crippen LogP contribution is 2.22. The zero-order valence-corrected chi connectivity index (χ0v) is 16.8. The molecule has 3 aromatic rings. The van der Waals surface area contributed by atoms with Crippen LogP contribution in [0.4, 0.5) is 5.82 Å². The van der Waals surface area contributed by atoms with Crippen molar-refractivity contribution < 1.29 is 9.53 Å². The molecule has 144 valence electrons. The standard InChI is InChI=1S/C23H23ClN2O2/c1-3-18-11-13-20(14-12-18)28-17(2)23(27)26(22-10-6-7-15-25-22)16-19-8-4-5-9-21(19)24/h4-15,17H,3,16H2,1-2H3. The molecule has 1 unspecified atom stereocenters. The third-order valence-electron chi connectivity index (χ3n) is 4.47. The van der Waals surface area contributed by atoms with Gasteiger partial charge in [0, 0.05) is 11.2 Å². The molecule has 3 rings (SSSR count).